The number of benzene rings is 2. The molecule has 1 amide bonds. The molecule has 2 aromatic carbocycles. The molecule has 1 aliphatic heterocycles. The first-order chi connectivity index (χ1) is 13.7. The predicted molar refractivity (Wildman–Crippen MR) is 106 cm³/mol. The average molecular weight is 377 g/mol. The van der Waals surface area contributed by atoms with Crippen LogP contribution in [0.15, 0.2) is 67.0 Å². The van der Waals surface area contributed by atoms with Crippen molar-refractivity contribution in [2.45, 2.75) is 19.6 Å². The van der Waals surface area contributed by atoms with E-state index >= 15 is 0 Å². The lowest BCUT2D eigenvalue weighted by Crippen LogP contribution is -2.31. The van der Waals surface area contributed by atoms with E-state index in [1.165, 1.54) is 11.6 Å². The summed E-state index contributed by atoms with van der Waals surface area (Å²) >= 11 is 0. The van der Waals surface area contributed by atoms with E-state index in [2.05, 4.69) is 10.3 Å². The van der Waals surface area contributed by atoms with Crippen molar-refractivity contribution in [1.29, 1.82) is 0 Å². The summed E-state index contributed by atoms with van der Waals surface area (Å²) in [4.78, 5) is 18.1. The fraction of sp³-hybridized carbons (Fsp3) is 0.182. The summed E-state index contributed by atoms with van der Waals surface area (Å²) in [5.41, 5.74) is 4.14. The molecule has 0 saturated heterocycles. The first-order valence-corrected chi connectivity index (χ1v) is 9.13. The topological polar surface area (TPSA) is 54.5 Å². The zero-order valence-electron chi connectivity index (χ0n) is 15.3. The fourth-order valence-corrected chi connectivity index (χ4v) is 3.30. The number of carbonyl (C=O) groups excluding carboxylic acids is 1. The van der Waals surface area contributed by atoms with Crippen LogP contribution in [0.2, 0.25) is 0 Å². The number of halogens is 1. The van der Waals surface area contributed by atoms with Gasteiger partial charge >= 0.3 is 6.09 Å². The summed E-state index contributed by atoms with van der Waals surface area (Å²) < 4.78 is 19.8. The molecule has 4 rings (SSSR count). The SMILES string of the molecule is O=C(Nc1ccc(N2CCc3cnccc3C2)c(F)c1)OCc1ccccc1. The summed E-state index contributed by atoms with van der Waals surface area (Å²) in [5, 5.41) is 2.57. The molecule has 5 nitrogen and oxygen atoms in total. The highest BCUT2D eigenvalue weighted by Gasteiger charge is 2.19. The Kier molecular flexibility index (Phi) is 5.19. The lowest BCUT2D eigenvalue weighted by molar-refractivity contribution is 0.155. The van der Waals surface area contributed by atoms with Crippen molar-refractivity contribution < 1.29 is 13.9 Å². The maximum Gasteiger partial charge on any atom is 0.411 e. The Morgan fingerprint density at radius 1 is 1.14 bits per heavy atom. The quantitative estimate of drug-likeness (QED) is 0.726. The van der Waals surface area contributed by atoms with Gasteiger partial charge in [-0.1, -0.05) is 30.3 Å². The molecule has 2 heterocycles. The van der Waals surface area contributed by atoms with Gasteiger partial charge in [0.1, 0.15) is 12.4 Å². The second-order valence-corrected chi connectivity index (χ2v) is 6.67. The third-order valence-corrected chi connectivity index (χ3v) is 4.76. The van der Waals surface area contributed by atoms with Gasteiger partial charge in [0.05, 0.1) is 5.69 Å². The van der Waals surface area contributed by atoms with Crippen molar-refractivity contribution in [3.8, 4) is 0 Å². The minimum atomic E-state index is -0.615. The Morgan fingerprint density at radius 2 is 2.00 bits per heavy atom. The van der Waals surface area contributed by atoms with Crippen LogP contribution in [0.25, 0.3) is 0 Å². The van der Waals surface area contributed by atoms with E-state index in [0.29, 0.717) is 17.9 Å². The minimum Gasteiger partial charge on any atom is -0.444 e. The molecule has 1 aliphatic rings. The van der Waals surface area contributed by atoms with Crippen LogP contribution in [0.1, 0.15) is 16.7 Å². The van der Waals surface area contributed by atoms with Crippen molar-refractivity contribution in [2.24, 2.45) is 0 Å². The van der Waals surface area contributed by atoms with Gasteiger partial charge in [0, 0.05) is 31.2 Å². The Hall–Kier alpha value is -3.41. The van der Waals surface area contributed by atoms with E-state index in [0.717, 1.165) is 24.1 Å². The second-order valence-electron chi connectivity index (χ2n) is 6.67. The molecule has 3 aromatic rings. The molecule has 0 fully saturated rings. The van der Waals surface area contributed by atoms with Crippen LogP contribution < -0.4 is 10.2 Å². The zero-order valence-corrected chi connectivity index (χ0v) is 15.3. The van der Waals surface area contributed by atoms with E-state index in [4.69, 9.17) is 4.74 Å². The van der Waals surface area contributed by atoms with Crippen LogP contribution in [0.3, 0.4) is 0 Å². The lowest BCUT2D eigenvalue weighted by atomic mass is 10.0. The van der Waals surface area contributed by atoms with E-state index in [1.54, 1.807) is 18.3 Å². The van der Waals surface area contributed by atoms with Gasteiger partial charge in [0.15, 0.2) is 0 Å². The Bertz CT molecular complexity index is 979. The number of fused-ring (bicyclic) bond motifs is 1. The third kappa shape index (κ3) is 4.11. The molecule has 142 valence electrons. The maximum atomic E-state index is 14.7. The first kappa shape index (κ1) is 18.0. The fourth-order valence-electron chi connectivity index (χ4n) is 3.30. The standard InChI is InChI=1S/C22H20FN3O2/c23-20-12-19(25-22(27)28-15-16-4-2-1-3-5-16)6-7-21(20)26-11-9-17-13-24-10-8-18(17)14-26/h1-8,10,12-13H,9,11,14-15H2,(H,25,27). The monoisotopic (exact) mass is 377 g/mol. The van der Waals surface area contributed by atoms with E-state index in [1.807, 2.05) is 47.5 Å². The van der Waals surface area contributed by atoms with E-state index in [-0.39, 0.29) is 12.4 Å². The lowest BCUT2D eigenvalue weighted by Gasteiger charge is -2.30. The third-order valence-electron chi connectivity index (χ3n) is 4.76. The summed E-state index contributed by atoms with van der Waals surface area (Å²) in [7, 11) is 0. The van der Waals surface area contributed by atoms with Crippen molar-refractivity contribution in [3.05, 3.63) is 89.5 Å². The van der Waals surface area contributed by atoms with Gasteiger partial charge in [-0.25, -0.2) is 9.18 Å². The van der Waals surface area contributed by atoms with Crippen LogP contribution in [-0.4, -0.2) is 17.6 Å². The van der Waals surface area contributed by atoms with Gasteiger partial charge in [-0.15, -0.1) is 0 Å². The maximum absolute atomic E-state index is 14.7. The molecular weight excluding hydrogens is 357 g/mol. The number of nitrogens with one attached hydrogen (secondary N) is 1. The molecule has 6 heteroatoms. The van der Waals surface area contributed by atoms with Crippen LogP contribution in [0, 0.1) is 5.82 Å². The molecule has 0 atom stereocenters. The molecule has 0 aliphatic carbocycles. The number of carbonyl (C=O) groups is 1. The molecule has 0 unspecified atom stereocenters. The van der Waals surface area contributed by atoms with E-state index < -0.39 is 6.09 Å². The molecule has 1 N–H and O–H groups in total. The Morgan fingerprint density at radius 3 is 2.82 bits per heavy atom. The second kappa shape index (κ2) is 8.08. The van der Waals surface area contributed by atoms with Gasteiger partial charge in [-0.2, -0.15) is 0 Å². The predicted octanol–water partition coefficient (Wildman–Crippen LogP) is 4.53. The van der Waals surface area contributed by atoms with Crippen LogP contribution in [0.4, 0.5) is 20.6 Å². The molecular formula is C22H20FN3O2. The number of hydrogen-bond acceptors (Lipinski definition) is 4. The van der Waals surface area contributed by atoms with Crippen LogP contribution in [-0.2, 0) is 24.3 Å². The Labute approximate surface area is 162 Å². The summed E-state index contributed by atoms with van der Waals surface area (Å²) in [6.07, 6.45) is 3.84. The van der Waals surface area contributed by atoms with Gasteiger partial charge in [0.25, 0.3) is 0 Å². The van der Waals surface area contributed by atoms with Crippen molar-refractivity contribution >= 4 is 17.5 Å². The summed E-state index contributed by atoms with van der Waals surface area (Å²) in [6, 6.07) is 16.0. The number of rotatable bonds is 4. The summed E-state index contributed by atoms with van der Waals surface area (Å²) in [6.45, 7) is 1.53. The smallest absolute Gasteiger partial charge is 0.411 e. The van der Waals surface area contributed by atoms with Gasteiger partial charge in [0.2, 0.25) is 0 Å². The zero-order chi connectivity index (χ0) is 19.3. The number of pyridine rings is 1. The highest BCUT2D eigenvalue weighted by atomic mass is 19.1. The van der Waals surface area contributed by atoms with Gasteiger partial charge < -0.3 is 9.64 Å². The minimum absolute atomic E-state index is 0.162. The first-order valence-electron chi connectivity index (χ1n) is 9.13. The molecule has 0 bridgehead atoms. The van der Waals surface area contributed by atoms with E-state index in [9.17, 15) is 9.18 Å². The van der Waals surface area contributed by atoms with Gasteiger partial charge in [-0.3, -0.25) is 10.3 Å². The number of nitrogens with zero attached hydrogens (tertiary/aromatic N) is 2. The highest BCUT2D eigenvalue weighted by Crippen LogP contribution is 2.28. The largest absolute Gasteiger partial charge is 0.444 e. The molecule has 0 radical (unpaired) electrons. The van der Waals surface area contributed by atoms with Crippen molar-refractivity contribution in [1.82, 2.24) is 4.98 Å². The van der Waals surface area contributed by atoms with Gasteiger partial charge in [-0.05, 0) is 47.4 Å². The molecule has 1 aromatic heterocycles. The number of amides is 1. The normalized spacial score (nSPS) is 13.0. The van der Waals surface area contributed by atoms with Crippen molar-refractivity contribution in [3.63, 3.8) is 0 Å². The van der Waals surface area contributed by atoms with Crippen molar-refractivity contribution in [2.75, 3.05) is 16.8 Å². The number of aromatic nitrogens is 1. The Balaban J connectivity index is 1.38. The highest BCUT2D eigenvalue weighted by molar-refractivity contribution is 5.85. The number of anilines is 2. The number of ether oxygens (including phenoxy) is 1. The van der Waals surface area contributed by atoms with Crippen LogP contribution >= 0.6 is 0 Å². The number of hydrogen-bond donors (Lipinski definition) is 1. The molecule has 28 heavy (non-hydrogen) atoms. The van der Waals surface area contributed by atoms with Crippen LogP contribution in [0.5, 0.6) is 0 Å². The summed E-state index contributed by atoms with van der Waals surface area (Å²) in [5.74, 6) is -0.377. The molecule has 0 saturated carbocycles. The average Bonchev–Trinajstić information content (AvgIpc) is 2.73. The molecule has 0 spiro atoms.